The van der Waals surface area contributed by atoms with E-state index in [-0.39, 0.29) is 23.1 Å². The second-order valence-corrected chi connectivity index (χ2v) is 8.50. The molecule has 8 heteroatoms. The highest BCUT2D eigenvalue weighted by atomic mass is 32.2. The maximum Gasteiger partial charge on any atom is 0.267 e. The Morgan fingerprint density at radius 3 is 2.48 bits per heavy atom. The monoisotopic (exact) mass is 388 g/mol. The Bertz CT molecular complexity index is 999. The highest BCUT2D eigenvalue weighted by Gasteiger charge is 2.29. The van der Waals surface area contributed by atoms with Gasteiger partial charge in [-0.05, 0) is 42.8 Å². The fourth-order valence-electron chi connectivity index (χ4n) is 2.83. The predicted molar refractivity (Wildman–Crippen MR) is 102 cm³/mol. The number of rotatable bonds is 4. The van der Waals surface area contributed by atoms with E-state index in [9.17, 15) is 18.0 Å². The van der Waals surface area contributed by atoms with Gasteiger partial charge >= 0.3 is 0 Å². The molecule has 0 spiro atoms. The third-order valence-electron chi connectivity index (χ3n) is 4.30. The molecule has 3 rings (SSSR count). The van der Waals surface area contributed by atoms with Crippen LogP contribution in [0.4, 0.5) is 11.4 Å². The summed E-state index contributed by atoms with van der Waals surface area (Å²) in [6.07, 6.45) is 0.693. The highest BCUT2D eigenvalue weighted by Crippen LogP contribution is 2.35. The zero-order chi connectivity index (χ0) is 19.8. The number of likely N-dealkylation sites (N-methyl/N-ethyl adjacent to an activating group) is 1. The first-order valence-electron chi connectivity index (χ1n) is 8.32. The van der Waals surface area contributed by atoms with Gasteiger partial charge in [0.1, 0.15) is 5.75 Å². The van der Waals surface area contributed by atoms with Gasteiger partial charge in [-0.25, -0.2) is 8.42 Å². The number of fused-ring (bicyclic) bond motifs is 1. The van der Waals surface area contributed by atoms with Crippen LogP contribution in [-0.2, 0) is 25.8 Å². The van der Waals surface area contributed by atoms with Crippen molar-refractivity contribution in [2.24, 2.45) is 0 Å². The summed E-state index contributed by atoms with van der Waals surface area (Å²) in [6, 6.07) is 11.3. The van der Waals surface area contributed by atoms with Crippen molar-refractivity contribution < 1.29 is 22.7 Å². The summed E-state index contributed by atoms with van der Waals surface area (Å²) in [5, 5.41) is 2.78. The summed E-state index contributed by atoms with van der Waals surface area (Å²) < 4.78 is 28.5. The summed E-state index contributed by atoms with van der Waals surface area (Å²) >= 11 is 0. The van der Waals surface area contributed by atoms with Gasteiger partial charge in [-0.15, -0.1) is 0 Å². The normalized spacial score (nSPS) is 16.5. The lowest BCUT2D eigenvalue weighted by Gasteiger charge is -2.30. The third kappa shape index (κ3) is 4.11. The molecule has 1 heterocycles. The number of anilines is 2. The number of carbonyl (C=O) groups excluding carboxylic acids is 2. The van der Waals surface area contributed by atoms with Crippen LogP contribution in [0.1, 0.15) is 12.5 Å². The molecule has 1 atom stereocenters. The Labute approximate surface area is 157 Å². The molecule has 0 fully saturated rings. The Balaban J connectivity index is 1.71. The largest absolute Gasteiger partial charge is 0.479 e. The average Bonchev–Trinajstić information content (AvgIpc) is 2.60. The first kappa shape index (κ1) is 18.9. The van der Waals surface area contributed by atoms with Crippen LogP contribution in [0.3, 0.4) is 0 Å². The van der Waals surface area contributed by atoms with Gasteiger partial charge in [0.25, 0.3) is 5.91 Å². The van der Waals surface area contributed by atoms with E-state index in [1.54, 1.807) is 44.3 Å². The maximum absolute atomic E-state index is 12.3. The molecular weight excluding hydrogens is 368 g/mol. The van der Waals surface area contributed by atoms with Gasteiger partial charge in [0.15, 0.2) is 15.9 Å². The minimum Gasteiger partial charge on any atom is -0.479 e. The van der Waals surface area contributed by atoms with Crippen LogP contribution >= 0.6 is 0 Å². The summed E-state index contributed by atoms with van der Waals surface area (Å²) in [5.41, 5.74) is 1.83. The van der Waals surface area contributed by atoms with Crippen molar-refractivity contribution in [3.8, 4) is 5.75 Å². The second kappa shape index (κ2) is 7.03. The number of amides is 2. The molecule has 0 aliphatic carbocycles. The standard InChI is InChI=1S/C19H20N2O5S/c1-12-19(23)21(2)16-11-14(6-9-17(16)26-12)20-18(22)10-13-4-7-15(8-5-13)27(3,24)25/h4-9,11-12H,10H2,1-3H3,(H,20,22). The van der Waals surface area contributed by atoms with Crippen molar-refractivity contribution in [3.05, 3.63) is 48.0 Å². The molecule has 1 N–H and O–H groups in total. The van der Waals surface area contributed by atoms with Crippen LogP contribution in [0.2, 0.25) is 0 Å². The van der Waals surface area contributed by atoms with Crippen LogP contribution in [-0.4, -0.2) is 39.6 Å². The first-order valence-corrected chi connectivity index (χ1v) is 10.2. The molecule has 2 amide bonds. The van der Waals surface area contributed by atoms with E-state index in [0.717, 1.165) is 6.26 Å². The predicted octanol–water partition coefficient (Wildman–Crippen LogP) is 2.01. The Hall–Kier alpha value is -2.87. The molecule has 0 bridgehead atoms. The molecule has 142 valence electrons. The van der Waals surface area contributed by atoms with Crippen molar-refractivity contribution in [1.29, 1.82) is 0 Å². The fraction of sp³-hybridized carbons (Fsp3) is 0.263. The molecule has 2 aromatic rings. The smallest absolute Gasteiger partial charge is 0.267 e. The van der Waals surface area contributed by atoms with Crippen LogP contribution in [0.5, 0.6) is 5.75 Å². The first-order chi connectivity index (χ1) is 12.6. The van der Waals surface area contributed by atoms with Gasteiger partial charge in [0.2, 0.25) is 5.91 Å². The summed E-state index contributed by atoms with van der Waals surface area (Å²) in [4.78, 5) is 26.0. The van der Waals surface area contributed by atoms with E-state index in [2.05, 4.69) is 5.32 Å². The van der Waals surface area contributed by atoms with Gasteiger partial charge in [-0.3, -0.25) is 9.59 Å². The van der Waals surface area contributed by atoms with Gasteiger partial charge in [0, 0.05) is 19.0 Å². The average molecular weight is 388 g/mol. The molecule has 0 saturated carbocycles. The lowest BCUT2D eigenvalue weighted by Crippen LogP contribution is -2.42. The van der Waals surface area contributed by atoms with Gasteiger partial charge in [0.05, 0.1) is 17.0 Å². The molecule has 1 aliphatic rings. The number of ether oxygens (including phenoxy) is 1. The number of benzene rings is 2. The minimum absolute atomic E-state index is 0.101. The lowest BCUT2D eigenvalue weighted by atomic mass is 10.1. The van der Waals surface area contributed by atoms with Gasteiger partial charge in [-0.1, -0.05) is 12.1 Å². The highest BCUT2D eigenvalue weighted by molar-refractivity contribution is 7.90. The topological polar surface area (TPSA) is 92.8 Å². The van der Waals surface area contributed by atoms with E-state index in [4.69, 9.17) is 4.74 Å². The molecule has 1 unspecified atom stereocenters. The molecule has 7 nitrogen and oxygen atoms in total. The van der Waals surface area contributed by atoms with E-state index in [1.165, 1.54) is 17.0 Å². The third-order valence-corrected chi connectivity index (χ3v) is 5.43. The number of sulfone groups is 1. The molecule has 1 aliphatic heterocycles. The van der Waals surface area contributed by atoms with E-state index < -0.39 is 15.9 Å². The minimum atomic E-state index is -3.26. The summed E-state index contributed by atoms with van der Waals surface area (Å²) in [6.45, 7) is 1.69. The summed E-state index contributed by atoms with van der Waals surface area (Å²) in [7, 11) is -1.60. The van der Waals surface area contributed by atoms with Crippen molar-refractivity contribution in [3.63, 3.8) is 0 Å². The van der Waals surface area contributed by atoms with Crippen LogP contribution in [0.25, 0.3) is 0 Å². The van der Waals surface area contributed by atoms with Crippen molar-refractivity contribution in [1.82, 2.24) is 0 Å². The van der Waals surface area contributed by atoms with Crippen LogP contribution < -0.4 is 15.0 Å². The number of nitrogens with zero attached hydrogens (tertiary/aromatic N) is 1. The van der Waals surface area contributed by atoms with Crippen molar-refractivity contribution in [2.45, 2.75) is 24.3 Å². The Morgan fingerprint density at radius 1 is 1.19 bits per heavy atom. The van der Waals surface area contributed by atoms with Crippen LogP contribution in [0, 0.1) is 0 Å². The number of nitrogens with one attached hydrogen (secondary N) is 1. The summed E-state index contributed by atoms with van der Waals surface area (Å²) in [5.74, 6) is 0.178. The van der Waals surface area contributed by atoms with E-state index >= 15 is 0 Å². The molecule has 27 heavy (non-hydrogen) atoms. The molecule has 0 radical (unpaired) electrons. The fourth-order valence-corrected chi connectivity index (χ4v) is 3.46. The van der Waals surface area contributed by atoms with E-state index in [0.29, 0.717) is 22.7 Å². The quantitative estimate of drug-likeness (QED) is 0.865. The zero-order valence-corrected chi connectivity index (χ0v) is 16.0. The van der Waals surface area contributed by atoms with Gasteiger partial charge < -0.3 is 15.0 Å². The molecule has 0 aromatic heterocycles. The Morgan fingerprint density at radius 2 is 1.85 bits per heavy atom. The van der Waals surface area contributed by atoms with Crippen molar-refractivity contribution in [2.75, 3.05) is 23.5 Å². The van der Waals surface area contributed by atoms with Gasteiger partial charge in [-0.2, -0.15) is 0 Å². The van der Waals surface area contributed by atoms with Crippen molar-refractivity contribution >= 4 is 33.0 Å². The number of carbonyl (C=O) groups is 2. The van der Waals surface area contributed by atoms with E-state index in [1.807, 2.05) is 0 Å². The maximum atomic E-state index is 12.3. The second-order valence-electron chi connectivity index (χ2n) is 6.48. The zero-order valence-electron chi connectivity index (χ0n) is 15.2. The lowest BCUT2D eigenvalue weighted by molar-refractivity contribution is -0.125. The number of hydrogen-bond donors (Lipinski definition) is 1. The number of hydrogen-bond acceptors (Lipinski definition) is 5. The SMILES string of the molecule is CC1Oc2ccc(NC(=O)Cc3ccc(S(C)(=O)=O)cc3)cc2N(C)C1=O. The Kier molecular flexibility index (Phi) is 4.93. The molecular formula is C19H20N2O5S. The van der Waals surface area contributed by atoms with Crippen LogP contribution in [0.15, 0.2) is 47.4 Å². The molecule has 2 aromatic carbocycles. The molecule has 0 saturated heterocycles.